The predicted molar refractivity (Wildman–Crippen MR) is 61.0 cm³/mol. The van der Waals surface area contributed by atoms with Crippen LogP contribution in [-0.4, -0.2) is 28.2 Å². The van der Waals surface area contributed by atoms with Gasteiger partial charge in [0.15, 0.2) is 0 Å². The lowest BCUT2D eigenvalue weighted by molar-refractivity contribution is -0.121. The highest BCUT2D eigenvalue weighted by Crippen LogP contribution is 2.31. The van der Waals surface area contributed by atoms with Gasteiger partial charge < -0.3 is 5.11 Å². The Bertz CT molecular complexity index is 191. The van der Waals surface area contributed by atoms with E-state index in [9.17, 15) is 9.90 Å². The van der Waals surface area contributed by atoms with E-state index in [1.54, 1.807) is 0 Å². The van der Waals surface area contributed by atoms with Gasteiger partial charge in [0.1, 0.15) is 5.78 Å². The quantitative estimate of drug-likeness (QED) is 0.804. The molecule has 1 N–H and O–H groups in total. The summed E-state index contributed by atoms with van der Waals surface area (Å²) in [5.74, 6) is 1.10. The number of carbonyl (C=O) groups excluding carboxylic acids is 1. The van der Waals surface area contributed by atoms with Crippen molar-refractivity contribution >= 4 is 33.3 Å². The van der Waals surface area contributed by atoms with Gasteiger partial charge in [-0.3, -0.25) is 4.79 Å². The molecule has 0 aromatic rings. The van der Waals surface area contributed by atoms with Crippen LogP contribution >= 0.6 is 27.5 Å². The molecule has 82 valence electrons. The van der Waals surface area contributed by atoms with E-state index in [4.69, 9.17) is 11.6 Å². The zero-order valence-corrected chi connectivity index (χ0v) is 10.4. The van der Waals surface area contributed by atoms with Crippen LogP contribution in [0.15, 0.2) is 0 Å². The standard InChI is InChI=1S/C10H16BrClO2/c11-5-9(13)7-1-3-8(4-2-7)10(14)6-12/h7-8,10,14H,1-6H2. The van der Waals surface area contributed by atoms with Crippen molar-refractivity contribution in [2.75, 3.05) is 11.2 Å². The summed E-state index contributed by atoms with van der Waals surface area (Å²) in [5.41, 5.74) is 0. The summed E-state index contributed by atoms with van der Waals surface area (Å²) < 4.78 is 0. The molecule has 1 atom stereocenters. The van der Waals surface area contributed by atoms with Crippen LogP contribution in [0.3, 0.4) is 0 Å². The Hall–Kier alpha value is 0.400. The minimum absolute atomic E-state index is 0.202. The zero-order chi connectivity index (χ0) is 10.6. The highest BCUT2D eigenvalue weighted by atomic mass is 79.9. The fraction of sp³-hybridized carbons (Fsp3) is 0.900. The van der Waals surface area contributed by atoms with E-state index in [0.29, 0.717) is 22.9 Å². The Balaban J connectivity index is 2.34. The number of aliphatic hydroxyl groups excluding tert-OH is 1. The number of Topliss-reactive ketones (excluding diaryl/α,β-unsaturated/α-hetero) is 1. The Morgan fingerprint density at radius 1 is 1.43 bits per heavy atom. The molecule has 0 aromatic carbocycles. The molecule has 0 aliphatic heterocycles. The first-order valence-electron chi connectivity index (χ1n) is 5.01. The van der Waals surface area contributed by atoms with Gasteiger partial charge in [-0.25, -0.2) is 0 Å². The molecule has 1 fully saturated rings. The van der Waals surface area contributed by atoms with Crippen molar-refractivity contribution in [3.63, 3.8) is 0 Å². The van der Waals surface area contributed by atoms with Gasteiger partial charge in [0.25, 0.3) is 0 Å². The first-order chi connectivity index (χ1) is 6.69. The minimum Gasteiger partial charge on any atom is -0.392 e. The van der Waals surface area contributed by atoms with Gasteiger partial charge in [-0.15, -0.1) is 11.6 Å². The summed E-state index contributed by atoms with van der Waals surface area (Å²) in [6, 6.07) is 0. The molecular formula is C10H16BrClO2. The summed E-state index contributed by atoms with van der Waals surface area (Å²) in [6.45, 7) is 0. The molecule has 2 nitrogen and oxygen atoms in total. The normalized spacial score (nSPS) is 29.9. The summed E-state index contributed by atoms with van der Waals surface area (Å²) >= 11 is 8.78. The van der Waals surface area contributed by atoms with Gasteiger partial charge in [0.2, 0.25) is 0 Å². The van der Waals surface area contributed by atoms with Crippen LogP contribution in [0.4, 0.5) is 0 Å². The number of hydrogen-bond acceptors (Lipinski definition) is 2. The molecule has 1 saturated carbocycles. The van der Waals surface area contributed by atoms with Crippen molar-refractivity contribution in [3.8, 4) is 0 Å². The number of rotatable bonds is 4. The Morgan fingerprint density at radius 3 is 2.43 bits per heavy atom. The molecule has 0 heterocycles. The lowest BCUT2D eigenvalue weighted by Gasteiger charge is -2.29. The lowest BCUT2D eigenvalue weighted by atomic mass is 9.78. The van der Waals surface area contributed by atoms with Crippen molar-refractivity contribution in [1.29, 1.82) is 0 Å². The summed E-state index contributed by atoms with van der Waals surface area (Å²) in [7, 11) is 0. The minimum atomic E-state index is -0.392. The molecule has 1 rings (SSSR count). The number of ketones is 1. The van der Waals surface area contributed by atoms with Crippen molar-refractivity contribution in [1.82, 2.24) is 0 Å². The monoisotopic (exact) mass is 282 g/mol. The van der Waals surface area contributed by atoms with E-state index in [1.807, 2.05) is 0 Å². The maximum absolute atomic E-state index is 11.4. The average Bonchev–Trinajstić information content (AvgIpc) is 2.27. The molecule has 0 radical (unpaired) electrons. The molecule has 0 bridgehead atoms. The number of hydrogen-bond donors (Lipinski definition) is 1. The Morgan fingerprint density at radius 2 is 2.00 bits per heavy atom. The van der Waals surface area contributed by atoms with Crippen LogP contribution in [-0.2, 0) is 4.79 Å². The average molecular weight is 284 g/mol. The summed E-state index contributed by atoms with van der Waals surface area (Å²) in [5, 5.41) is 10.00. The van der Waals surface area contributed by atoms with E-state index in [0.717, 1.165) is 25.7 Å². The molecule has 0 aromatic heterocycles. The molecule has 4 heteroatoms. The highest BCUT2D eigenvalue weighted by Gasteiger charge is 2.28. The number of alkyl halides is 2. The smallest absolute Gasteiger partial charge is 0.146 e. The SMILES string of the molecule is O=C(CBr)C1CCC(C(O)CCl)CC1. The largest absolute Gasteiger partial charge is 0.392 e. The Labute approximate surface area is 98.1 Å². The van der Waals surface area contributed by atoms with E-state index in [2.05, 4.69) is 15.9 Å². The van der Waals surface area contributed by atoms with Crippen LogP contribution in [0.1, 0.15) is 25.7 Å². The molecule has 1 unspecified atom stereocenters. The van der Waals surface area contributed by atoms with Crippen LogP contribution < -0.4 is 0 Å². The zero-order valence-electron chi connectivity index (χ0n) is 8.09. The maximum atomic E-state index is 11.4. The lowest BCUT2D eigenvalue weighted by Crippen LogP contribution is -2.29. The van der Waals surface area contributed by atoms with Crippen LogP contribution in [0.2, 0.25) is 0 Å². The van der Waals surface area contributed by atoms with Gasteiger partial charge in [-0.05, 0) is 31.6 Å². The first kappa shape index (κ1) is 12.5. The Kier molecular flexibility index (Phi) is 5.42. The third-order valence-corrected chi connectivity index (χ3v) is 3.93. The van der Waals surface area contributed by atoms with Crippen molar-refractivity contribution < 1.29 is 9.90 Å². The van der Waals surface area contributed by atoms with Crippen molar-refractivity contribution in [2.24, 2.45) is 11.8 Å². The number of aliphatic hydroxyl groups is 1. The fourth-order valence-corrected chi connectivity index (χ4v) is 2.77. The highest BCUT2D eigenvalue weighted by molar-refractivity contribution is 9.09. The van der Waals surface area contributed by atoms with Crippen molar-refractivity contribution in [3.05, 3.63) is 0 Å². The van der Waals surface area contributed by atoms with Crippen LogP contribution in [0.5, 0.6) is 0 Å². The molecule has 0 amide bonds. The van der Waals surface area contributed by atoms with Crippen LogP contribution in [0, 0.1) is 11.8 Å². The van der Waals surface area contributed by atoms with E-state index < -0.39 is 6.10 Å². The third-order valence-electron chi connectivity index (χ3n) is 3.06. The maximum Gasteiger partial charge on any atom is 0.146 e. The van der Waals surface area contributed by atoms with Crippen LogP contribution in [0.25, 0.3) is 0 Å². The third kappa shape index (κ3) is 3.21. The number of carbonyl (C=O) groups is 1. The second-order valence-electron chi connectivity index (χ2n) is 3.93. The summed E-state index contributed by atoms with van der Waals surface area (Å²) in [4.78, 5) is 11.4. The van der Waals surface area contributed by atoms with Crippen molar-refractivity contribution in [2.45, 2.75) is 31.8 Å². The van der Waals surface area contributed by atoms with Gasteiger partial charge in [0, 0.05) is 11.8 Å². The second kappa shape index (κ2) is 6.09. The summed E-state index contributed by atoms with van der Waals surface area (Å²) in [6.07, 6.45) is 3.28. The predicted octanol–water partition coefficient (Wildman–Crippen LogP) is 2.36. The number of halogens is 2. The molecule has 0 saturated heterocycles. The van der Waals surface area contributed by atoms with Gasteiger partial charge in [-0.2, -0.15) is 0 Å². The fourth-order valence-electron chi connectivity index (χ4n) is 2.06. The molecule has 14 heavy (non-hydrogen) atoms. The molecule has 1 aliphatic carbocycles. The second-order valence-corrected chi connectivity index (χ2v) is 4.80. The first-order valence-corrected chi connectivity index (χ1v) is 6.67. The topological polar surface area (TPSA) is 37.3 Å². The van der Waals surface area contributed by atoms with E-state index in [-0.39, 0.29) is 5.92 Å². The van der Waals surface area contributed by atoms with Gasteiger partial charge in [0.05, 0.1) is 11.4 Å². The van der Waals surface area contributed by atoms with E-state index >= 15 is 0 Å². The van der Waals surface area contributed by atoms with Gasteiger partial charge in [-0.1, -0.05) is 15.9 Å². The molecule has 0 spiro atoms. The van der Waals surface area contributed by atoms with Gasteiger partial charge >= 0.3 is 0 Å². The molecular weight excluding hydrogens is 267 g/mol. The van der Waals surface area contributed by atoms with E-state index in [1.165, 1.54) is 0 Å². The molecule has 1 aliphatic rings.